The maximum atomic E-state index is 10.1. The Morgan fingerprint density at radius 2 is 2.00 bits per heavy atom. The van der Waals surface area contributed by atoms with Crippen molar-refractivity contribution in [2.75, 3.05) is 32.8 Å². The van der Waals surface area contributed by atoms with Crippen LogP contribution in [0.2, 0.25) is 0 Å². The van der Waals surface area contributed by atoms with Crippen molar-refractivity contribution < 1.29 is 33.5 Å². The number of hydrogen-bond donors (Lipinski definition) is 0. The van der Waals surface area contributed by atoms with Crippen LogP contribution in [0.5, 0.6) is 0 Å². The van der Waals surface area contributed by atoms with Gasteiger partial charge in [0.25, 0.3) is 0 Å². The van der Waals surface area contributed by atoms with Crippen molar-refractivity contribution in [2.45, 2.75) is 6.42 Å². The molecule has 0 bridgehead atoms. The van der Waals surface area contributed by atoms with Crippen molar-refractivity contribution in [2.24, 2.45) is 0 Å². The number of carbonyl (C=O) groups is 1. The van der Waals surface area contributed by atoms with Gasteiger partial charge in [-0.2, -0.15) is 0 Å². The van der Waals surface area contributed by atoms with Gasteiger partial charge >= 0.3 is 18.9 Å². The van der Waals surface area contributed by atoms with Gasteiger partial charge in [-0.05, 0) is 6.42 Å². The summed E-state index contributed by atoms with van der Waals surface area (Å²) in [4.78, 5) is 12.1. The molecule has 0 saturated carbocycles. The van der Waals surface area contributed by atoms with E-state index in [-0.39, 0.29) is 25.3 Å². The molecule has 1 rings (SSSR count). The van der Waals surface area contributed by atoms with Gasteiger partial charge < -0.3 is 14.6 Å². The Hall–Kier alpha value is -0.0126. The van der Waals surface area contributed by atoms with Crippen molar-refractivity contribution in [1.29, 1.82) is 0 Å². The summed E-state index contributed by atoms with van der Waals surface area (Å²) in [5.41, 5.74) is 0. The van der Waals surface area contributed by atoms with Gasteiger partial charge in [0.1, 0.15) is 0 Å². The fraction of sp³-hybridized carbons (Fsp3) is 0.857. The number of ether oxygens (including phenoxy) is 1. The maximum Gasteiger partial charge on any atom is 1.00 e. The smallest absolute Gasteiger partial charge is 0.550 e. The van der Waals surface area contributed by atoms with Crippen molar-refractivity contribution in [3.8, 4) is 0 Å². The molecule has 0 atom stereocenters. The van der Waals surface area contributed by atoms with Gasteiger partial charge in [0.2, 0.25) is 0 Å². The molecule has 64 valence electrons. The molecule has 5 heteroatoms. The van der Waals surface area contributed by atoms with Crippen LogP contribution >= 0.6 is 0 Å². The summed E-state index contributed by atoms with van der Waals surface area (Å²) < 4.78 is 5.10. The van der Waals surface area contributed by atoms with Crippen molar-refractivity contribution in [1.82, 2.24) is 4.90 Å². The van der Waals surface area contributed by atoms with E-state index in [0.717, 1.165) is 13.1 Å². The van der Waals surface area contributed by atoms with Gasteiger partial charge in [0.05, 0.1) is 13.2 Å². The van der Waals surface area contributed by atoms with Crippen LogP contribution in [0, 0.1) is 0 Å². The maximum absolute atomic E-state index is 10.1. The van der Waals surface area contributed by atoms with E-state index in [4.69, 9.17) is 4.74 Å². The largest absolute Gasteiger partial charge is 1.00 e. The summed E-state index contributed by atoms with van der Waals surface area (Å²) in [5.74, 6) is -0.975. The summed E-state index contributed by atoms with van der Waals surface area (Å²) in [6.45, 7) is 3.70. The van der Waals surface area contributed by atoms with E-state index in [0.29, 0.717) is 19.8 Å². The first-order chi connectivity index (χ1) is 5.29. The monoisotopic (exact) mass is 165 g/mol. The average Bonchev–Trinajstić information content (AvgIpc) is 2.03. The second-order valence-corrected chi connectivity index (χ2v) is 2.58. The van der Waals surface area contributed by atoms with E-state index in [2.05, 4.69) is 4.90 Å². The number of hydrogen-bond acceptors (Lipinski definition) is 4. The van der Waals surface area contributed by atoms with Gasteiger partial charge in [0, 0.05) is 25.6 Å². The minimum atomic E-state index is -0.975. The molecule has 1 fully saturated rings. The third kappa shape index (κ3) is 4.78. The molecule has 0 unspecified atom stereocenters. The molecular weight excluding hydrogens is 153 g/mol. The van der Waals surface area contributed by atoms with Crippen LogP contribution in [0.1, 0.15) is 6.42 Å². The van der Waals surface area contributed by atoms with Crippen LogP contribution in [0.4, 0.5) is 0 Å². The minimum Gasteiger partial charge on any atom is -0.550 e. The normalized spacial score (nSPS) is 18.3. The summed E-state index contributed by atoms with van der Waals surface area (Å²) in [6.07, 6.45) is 0.125. The molecule has 1 heterocycles. The molecule has 0 aromatic carbocycles. The second kappa shape index (κ2) is 6.50. The van der Waals surface area contributed by atoms with Crippen LogP contribution in [-0.4, -0.2) is 43.7 Å². The van der Waals surface area contributed by atoms with Crippen LogP contribution in [0.15, 0.2) is 0 Å². The Balaban J connectivity index is 0.00000121. The quantitative estimate of drug-likeness (QED) is 0.395. The Labute approximate surface area is 84.0 Å². The molecule has 1 aliphatic rings. The zero-order valence-corrected chi connectivity index (χ0v) is 7.41. The van der Waals surface area contributed by atoms with E-state index < -0.39 is 5.97 Å². The van der Waals surface area contributed by atoms with E-state index in [1.165, 1.54) is 0 Å². The molecule has 0 aromatic heterocycles. The molecule has 0 aromatic rings. The van der Waals surface area contributed by atoms with E-state index in [9.17, 15) is 9.90 Å². The molecule has 0 N–H and O–H groups in total. The Morgan fingerprint density at radius 3 is 2.50 bits per heavy atom. The Morgan fingerprint density at radius 1 is 1.42 bits per heavy atom. The van der Waals surface area contributed by atoms with Crippen molar-refractivity contribution >= 4 is 5.97 Å². The number of nitrogens with zero attached hydrogens (tertiary/aromatic N) is 1. The van der Waals surface area contributed by atoms with Gasteiger partial charge in [-0.25, -0.2) is 0 Å². The second-order valence-electron chi connectivity index (χ2n) is 2.58. The van der Waals surface area contributed by atoms with Gasteiger partial charge in [-0.1, -0.05) is 0 Å². The number of carbonyl (C=O) groups excluding carboxylic acids is 1. The van der Waals surface area contributed by atoms with Crippen LogP contribution in [0.3, 0.4) is 0 Å². The molecule has 0 aliphatic carbocycles. The minimum absolute atomic E-state index is 0. The zero-order chi connectivity index (χ0) is 8.10. The first kappa shape index (κ1) is 12.0. The summed E-state index contributed by atoms with van der Waals surface area (Å²) >= 11 is 0. The molecule has 4 nitrogen and oxygen atoms in total. The molecule has 0 radical (unpaired) electrons. The first-order valence-corrected chi connectivity index (χ1v) is 3.79. The van der Waals surface area contributed by atoms with Gasteiger partial charge in [-0.15, -0.1) is 0 Å². The first-order valence-electron chi connectivity index (χ1n) is 3.79. The third-order valence-corrected chi connectivity index (χ3v) is 1.74. The zero-order valence-electron chi connectivity index (χ0n) is 7.41. The third-order valence-electron chi connectivity index (χ3n) is 1.74. The van der Waals surface area contributed by atoms with E-state index in [1.807, 2.05) is 0 Å². The van der Waals surface area contributed by atoms with E-state index >= 15 is 0 Å². The van der Waals surface area contributed by atoms with Gasteiger partial charge in [0.15, 0.2) is 0 Å². The Kier molecular flexibility index (Phi) is 6.49. The van der Waals surface area contributed by atoms with E-state index in [1.54, 1.807) is 0 Å². The fourth-order valence-corrected chi connectivity index (χ4v) is 1.07. The Bertz CT molecular complexity index is 137. The number of carboxylic acid groups (broad SMARTS) is 1. The predicted octanol–water partition coefficient (Wildman–Crippen LogP) is -4.54. The number of rotatable bonds is 3. The summed E-state index contributed by atoms with van der Waals surface area (Å²) in [6, 6.07) is 0. The van der Waals surface area contributed by atoms with Crippen LogP contribution < -0.4 is 24.0 Å². The molecule has 1 saturated heterocycles. The van der Waals surface area contributed by atoms with Crippen molar-refractivity contribution in [3.05, 3.63) is 0 Å². The fourth-order valence-electron chi connectivity index (χ4n) is 1.07. The standard InChI is InChI=1S/C7H13NO3.Li/c9-7(10)1-2-8-3-5-11-6-4-8;/h1-6H2,(H,9,10);/q;+1/p-1. The molecular formula is C7H12LiNO3. The van der Waals surface area contributed by atoms with Crippen LogP contribution in [0.25, 0.3) is 0 Å². The van der Waals surface area contributed by atoms with Gasteiger partial charge in [-0.3, -0.25) is 4.90 Å². The molecule has 0 amide bonds. The number of morpholine rings is 1. The SMILES string of the molecule is O=C([O-])CCN1CCOCC1.[Li+]. The van der Waals surface area contributed by atoms with Crippen LogP contribution in [-0.2, 0) is 9.53 Å². The average molecular weight is 165 g/mol. The molecule has 12 heavy (non-hydrogen) atoms. The molecule has 0 spiro atoms. The number of carboxylic acids is 1. The topological polar surface area (TPSA) is 52.6 Å². The van der Waals surface area contributed by atoms with Crippen molar-refractivity contribution in [3.63, 3.8) is 0 Å². The summed E-state index contributed by atoms with van der Waals surface area (Å²) in [5, 5.41) is 10.1. The summed E-state index contributed by atoms with van der Waals surface area (Å²) in [7, 11) is 0. The molecule has 1 aliphatic heterocycles. The number of aliphatic carboxylic acids is 1. The predicted molar refractivity (Wildman–Crippen MR) is 36.9 cm³/mol.